The van der Waals surface area contributed by atoms with Gasteiger partial charge in [0.2, 0.25) is 6.10 Å². The van der Waals surface area contributed by atoms with E-state index in [1.807, 2.05) is 65.0 Å². The van der Waals surface area contributed by atoms with E-state index in [1.54, 1.807) is 30.3 Å². The summed E-state index contributed by atoms with van der Waals surface area (Å²) in [5.74, 6) is -0.323. The van der Waals surface area contributed by atoms with Gasteiger partial charge in [0.1, 0.15) is 23.2 Å². The number of ether oxygens (including phenoxy) is 3. The molecule has 1 aliphatic carbocycles. The Balaban J connectivity index is 1.65. The number of allylic oxidation sites excluding steroid dienone is 1. The minimum absolute atomic E-state index is 0.177. The number of hydrogen-bond acceptors (Lipinski definition) is 6. The molecule has 1 aliphatic rings. The molecule has 1 fully saturated rings. The lowest BCUT2D eigenvalue weighted by Crippen LogP contribution is -2.26. The zero-order valence-corrected chi connectivity index (χ0v) is 20.3. The van der Waals surface area contributed by atoms with Crippen molar-refractivity contribution in [2.24, 2.45) is 17.3 Å². The molecule has 1 saturated carbocycles. The summed E-state index contributed by atoms with van der Waals surface area (Å²) in [6, 6.07) is 18.3. The molecule has 34 heavy (non-hydrogen) atoms. The molecule has 0 aromatic heterocycles. The van der Waals surface area contributed by atoms with Crippen LogP contribution in [-0.2, 0) is 19.1 Å². The fourth-order valence-corrected chi connectivity index (χ4v) is 3.77. The Morgan fingerprint density at radius 2 is 1.79 bits per heavy atom. The second kappa shape index (κ2) is 10.1. The molecule has 0 aliphatic heterocycles. The van der Waals surface area contributed by atoms with Gasteiger partial charge in [-0.1, -0.05) is 57.2 Å². The Morgan fingerprint density at radius 1 is 1.12 bits per heavy atom. The smallest absolute Gasteiger partial charge is 0.330 e. The molecule has 0 spiro atoms. The van der Waals surface area contributed by atoms with E-state index in [-0.39, 0.29) is 11.3 Å². The van der Waals surface area contributed by atoms with Gasteiger partial charge in [0.25, 0.3) is 0 Å². The predicted octanol–water partition coefficient (Wildman–Crippen LogP) is 6.15. The predicted molar refractivity (Wildman–Crippen MR) is 128 cm³/mol. The van der Waals surface area contributed by atoms with E-state index in [9.17, 15) is 14.9 Å². The molecule has 0 unspecified atom stereocenters. The fraction of sp³-hybridized carbons (Fsp3) is 0.393. The second-order valence-corrected chi connectivity index (χ2v) is 9.65. The minimum Gasteiger partial charge on any atom is -0.457 e. The van der Waals surface area contributed by atoms with Crippen molar-refractivity contribution < 1.29 is 23.8 Å². The van der Waals surface area contributed by atoms with Crippen molar-refractivity contribution in [3.05, 3.63) is 72.3 Å². The average Bonchev–Trinajstić information content (AvgIpc) is 3.36. The minimum atomic E-state index is -1.07. The third-order valence-electron chi connectivity index (χ3n) is 6.32. The Labute approximate surface area is 201 Å². The lowest BCUT2D eigenvalue weighted by molar-refractivity contribution is -0.151. The number of nitrogens with zero attached hydrogens (tertiary/aromatic N) is 1. The molecule has 2 aromatic carbocycles. The maximum absolute atomic E-state index is 12.9. The zero-order valence-electron chi connectivity index (χ0n) is 20.3. The molecule has 0 saturated heterocycles. The summed E-state index contributed by atoms with van der Waals surface area (Å²) in [7, 11) is 0. The van der Waals surface area contributed by atoms with Gasteiger partial charge in [-0.3, -0.25) is 4.79 Å². The Morgan fingerprint density at radius 3 is 2.44 bits per heavy atom. The first-order valence-electron chi connectivity index (χ1n) is 11.4. The summed E-state index contributed by atoms with van der Waals surface area (Å²) < 4.78 is 16.8. The zero-order chi connectivity index (χ0) is 24.9. The normalized spacial score (nSPS) is 19.6. The van der Waals surface area contributed by atoms with Crippen molar-refractivity contribution in [2.45, 2.75) is 52.7 Å². The van der Waals surface area contributed by atoms with Crippen molar-refractivity contribution in [3.8, 4) is 17.6 Å². The molecule has 0 N–H and O–H groups in total. The number of benzene rings is 2. The lowest BCUT2D eigenvalue weighted by Gasteiger charge is -2.22. The maximum atomic E-state index is 12.9. The summed E-state index contributed by atoms with van der Waals surface area (Å²) in [6.07, 6.45) is 2.71. The van der Waals surface area contributed by atoms with Crippen LogP contribution in [0.1, 0.15) is 52.7 Å². The third-order valence-corrected chi connectivity index (χ3v) is 6.32. The van der Waals surface area contributed by atoms with Crippen LogP contribution in [0.25, 0.3) is 0 Å². The number of carbonyl (C=O) groups excluding carboxylic acids is 2. The fourth-order valence-electron chi connectivity index (χ4n) is 3.77. The summed E-state index contributed by atoms with van der Waals surface area (Å²) in [5.41, 5.74) is -0.399. The van der Waals surface area contributed by atoms with Gasteiger partial charge in [-0.05, 0) is 55.9 Å². The monoisotopic (exact) mass is 461 g/mol. The van der Waals surface area contributed by atoms with Gasteiger partial charge in [-0.15, -0.1) is 0 Å². The van der Waals surface area contributed by atoms with Crippen molar-refractivity contribution >= 4 is 11.9 Å². The van der Waals surface area contributed by atoms with Gasteiger partial charge >= 0.3 is 11.9 Å². The Bertz CT molecular complexity index is 1100. The summed E-state index contributed by atoms with van der Waals surface area (Å²) in [5, 5.41) is 9.67. The molecule has 0 bridgehead atoms. The maximum Gasteiger partial charge on any atom is 0.330 e. The van der Waals surface area contributed by atoms with E-state index < -0.39 is 29.6 Å². The molecule has 3 atom stereocenters. The molecule has 0 amide bonds. The first-order valence-corrected chi connectivity index (χ1v) is 11.4. The summed E-state index contributed by atoms with van der Waals surface area (Å²) >= 11 is 0. The highest BCUT2D eigenvalue weighted by molar-refractivity contribution is 5.83. The van der Waals surface area contributed by atoms with Crippen molar-refractivity contribution in [3.63, 3.8) is 0 Å². The molecule has 6 heteroatoms. The molecule has 3 rings (SSSR count). The molecule has 178 valence electrons. The third kappa shape index (κ3) is 6.05. The van der Waals surface area contributed by atoms with Crippen molar-refractivity contribution in [1.29, 1.82) is 5.26 Å². The van der Waals surface area contributed by atoms with E-state index in [0.29, 0.717) is 23.5 Å². The topological polar surface area (TPSA) is 85.6 Å². The number of hydrogen-bond donors (Lipinski definition) is 0. The Kier molecular flexibility index (Phi) is 7.46. The van der Waals surface area contributed by atoms with E-state index >= 15 is 0 Å². The van der Waals surface area contributed by atoms with E-state index in [1.165, 1.54) is 6.08 Å². The van der Waals surface area contributed by atoms with Crippen LogP contribution in [0, 0.1) is 28.6 Å². The van der Waals surface area contributed by atoms with Gasteiger partial charge in [-0.25, -0.2) is 4.79 Å². The van der Waals surface area contributed by atoms with Crippen LogP contribution in [0.3, 0.4) is 0 Å². The van der Waals surface area contributed by atoms with E-state index in [4.69, 9.17) is 14.2 Å². The first kappa shape index (κ1) is 25.0. The molecule has 2 aromatic rings. The standard InChI is InChI=1S/C28H31NO5/c1-6-27(2,3)34-24(30)16-15-22-25(28(22,4)5)26(31)33-23(18-29)19-11-10-14-21(17-19)32-20-12-8-7-9-13-20/h7-17,22-23,25H,6H2,1-5H3/b16-15-/t22-,23+,25-/m0/s1. The van der Waals surface area contributed by atoms with Crippen LogP contribution in [0.15, 0.2) is 66.7 Å². The van der Waals surface area contributed by atoms with E-state index in [2.05, 4.69) is 6.07 Å². The number of rotatable bonds is 9. The molecular formula is C28H31NO5. The van der Waals surface area contributed by atoms with Crippen LogP contribution in [0.4, 0.5) is 0 Å². The summed E-state index contributed by atoms with van der Waals surface area (Å²) in [4.78, 5) is 25.0. The molecule has 6 nitrogen and oxygen atoms in total. The molecular weight excluding hydrogens is 430 g/mol. The number of esters is 2. The highest BCUT2D eigenvalue weighted by atomic mass is 16.6. The first-order chi connectivity index (χ1) is 16.1. The molecule has 0 radical (unpaired) electrons. The van der Waals surface area contributed by atoms with Gasteiger partial charge in [0.15, 0.2) is 0 Å². The number of para-hydroxylation sites is 1. The van der Waals surface area contributed by atoms with Crippen molar-refractivity contribution in [1.82, 2.24) is 0 Å². The SMILES string of the molecule is CCC(C)(C)OC(=O)/C=C\[C@H]1[C@@H](C(=O)O[C@H](C#N)c2cccc(Oc3ccccc3)c2)C1(C)C. The van der Waals surface area contributed by atoms with Crippen LogP contribution in [-0.4, -0.2) is 17.5 Å². The van der Waals surface area contributed by atoms with Gasteiger partial charge in [0, 0.05) is 11.6 Å². The Hall–Kier alpha value is -3.59. The quantitative estimate of drug-likeness (QED) is 0.329. The van der Waals surface area contributed by atoms with Crippen molar-refractivity contribution in [2.75, 3.05) is 0 Å². The second-order valence-electron chi connectivity index (χ2n) is 9.65. The van der Waals surface area contributed by atoms with Gasteiger partial charge in [0.05, 0.1) is 5.92 Å². The van der Waals surface area contributed by atoms with Gasteiger partial charge in [-0.2, -0.15) is 5.26 Å². The highest BCUT2D eigenvalue weighted by Gasteiger charge is 2.61. The average molecular weight is 462 g/mol. The van der Waals surface area contributed by atoms with E-state index in [0.717, 1.165) is 0 Å². The van der Waals surface area contributed by atoms with Crippen LogP contribution in [0.5, 0.6) is 11.5 Å². The highest BCUT2D eigenvalue weighted by Crippen LogP contribution is 2.59. The van der Waals surface area contributed by atoms with Gasteiger partial charge < -0.3 is 14.2 Å². The summed E-state index contributed by atoms with van der Waals surface area (Å²) in [6.45, 7) is 9.52. The number of nitriles is 1. The lowest BCUT2D eigenvalue weighted by atomic mass is 10.1. The van der Waals surface area contributed by atoms with Crippen LogP contribution < -0.4 is 4.74 Å². The molecule has 0 heterocycles. The number of carbonyl (C=O) groups is 2. The largest absolute Gasteiger partial charge is 0.457 e. The van der Waals surface area contributed by atoms with Crippen LogP contribution in [0.2, 0.25) is 0 Å². The van der Waals surface area contributed by atoms with Crippen LogP contribution >= 0.6 is 0 Å².